The number of hydrogen-bond acceptors (Lipinski definition) is 3. The number of halogens is 1. The Labute approximate surface area is 101 Å². The first-order valence-electron chi connectivity index (χ1n) is 5.92. The fourth-order valence-electron chi connectivity index (χ4n) is 2.40. The van der Waals surface area contributed by atoms with Gasteiger partial charge in [0.15, 0.2) is 0 Å². The van der Waals surface area contributed by atoms with E-state index in [4.69, 9.17) is 5.73 Å². The summed E-state index contributed by atoms with van der Waals surface area (Å²) in [4.78, 5) is 2.00. The van der Waals surface area contributed by atoms with Gasteiger partial charge in [0.25, 0.3) is 0 Å². The van der Waals surface area contributed by atoms with Crippen molar-refractivity contribution < 1.29 is 9.50 Å². The van der Waals surface area contributed by atoms with Crippen molar-refractivity contribution in [2.24, 2.45) is 5.73 Å². The lowest BCUT2D eigenvalue weighted by atomic mass is 10.0. The van der Waals surface area contributed by atoms with Crippen molar-refractivity contribution in [2.75, 3.05) is 18.0 Å². The van der Waals surface area contributed by atoms with Crippen LogP contribution in [0.5, 0.6) is 0 Å². The molecule has 0 aliphatic carbocycles. The van der Waals surface area contributed by atoms with Gasteiger partial charge in [0.1, 0.15) is 5.82 Å². The van der Waals surface area contributed by atoms with Gasteiger partial charge in [-0.2, -0.15) is 0 Å². The second-order valence-electron chi connectivity index (χ2n) is 5.13. The highest BCUT2D eigenvalue weighted by molar-refractivity contribution is 5.56. The first-order chi connectivity index (χ1) is 7.91. The van der Waals surface area contributed by atoms with Gasteiger partial charge in [-0.15, -0.1) is 0 Å². The Balaban J connectivity index is 2.36. The van der Waals surface area contributed by atoms with Gasteiger partial charge < -0.3 is 15.7 Å². The van der Waals surface area contributed by atoms with E-state index in [1.807, 2.05) is 11.0 Å². The molecule has 0 bridgehead atoms. The first kappa shape index (κ1) is 12.3. The third-order valence-electron chi connectivity index (χ3n) is 3.28. The minimum atomic E-state index is -0.693. The highest BCUT2D eigenvalue weighted by Gasteiger charge is 2.33. The van der Waals surface area contributed by atoms with E-state index in [0.717, 1.165) is 12.2 Å². The topological polar surface area (TPSA) is 49.5 Å². The smallest absolute Gasteiger partial charge is 0.130 e. The predicted molar refractivity (Wildman–Crippen MR) is 66.5 cm³/mol. The van der Waals surface area contributed by atoms with Crippen LogP contribution >= 0.6 is 0 Å². The molecule has 0 spiro atoms. The van der Waals surface area contributed by atoms with E-state index in [0.29, 0.717) is 18.5 Å². The second-order valence-corrected chi connectivity index (χ2v) is 5.13. The van der Waals surface area contributed by atoms with E-state index in [2.05, 4.69) is 0 Å². The van der Waals surface area contributed by atoms with Gasteiger partial charge in [0.2, 0.25) is 0 Å². The molecule has 1 fully saturated rings. The molecular formula is C13H19FN2O. The molecule has 0 radical (unpaired) electrons. The standard InChI is InChI=1S/C13H19FN2O/c1-9(15)12-10(14)4-3-5-11(12)16-7-6-13(2,17)8-16/h3-5,9,17H,6-8,15H2,1-2H3/t9-,13?/m0/s1. The molecule has 1 aromatic rings. The summed E-state index contributed by atoms with van der Waals surface area (Å²) < 4.78 is 13.8. The largest absolute Gasteiger partial charge is 0.388 e. The Morgan fingerprint density at radius 1 is 1.53 bits per heavy atom. The zero-order chi connectivity index (χ0) is 12.6. The Hall–Kier alpha value is -1.13. The SMILES string of the molecule is C[C@H](N)c1c(F)cccc1N1CCC(C)(O)C1. The fraction of sp³-hybridized carbons (Fsp3) is 0.538. The Morgan fingerprint density at radius 2 is 2.24 bits per heavy atom. The van der Waals surface area contributed by atoms with Crippen LogP contribution in [0.15, 0.2) is 18.2 Å². The average molecular weight is 238 g/mol. The Kier molecular flexibility index (Phi) is 3.10. The zero-order valence-corrected chi connectivity index (χ0v) is 10.3. The van der Waals surface area contributed by atoms with Crippen LogP contribution in [0.4, 0.5) is 10.1 Å². The number of β-amino-alcohol motifs (C(OH)–C–C–N with tert-alkyl or cyclic N) is 1. The van der Waals surface area contributed by atoms with Gasteiger partial charge in [0.05, 0.1) is 5.60 Å². The minimum absolute atomic E-state index is 0.274. The maximum atomic E-state index is 13.8. The molecule has 3 N–H and O–H groups in total. The summed E-state index contributed by atoms with van der Waals surface area (Å²) in [6.45, 7) is 4.83. The summed E-state index contributed by atoms with van der Waals surface area (Å²) in [5.41, 5.74) is 6.46. The lowest BCUT2D eigenvalue weighted by Gasteiger charge is -2.25. The highest BCUT2D eigenvalue weighted by Crippen LogP contribution is 2.32. The summed E-state index contributed by atoms with van der Waals surface area (Å²) in [5, 5.41) is 9.96. The predicted octanol–water partition coefficient (Wildman–Crippen LogP) is 1.81. The van der Waals surface area contributed by atoms with E-state index in [1.165, 1.54) is 6.07 Å². The van der Waals surface area contributed by atoms with Crippen molar-refractivity contribution >= 4 is 5.69 Å². The van der Waals surface area contributed by atoms with Gasteiger partial charge in [-0.1, -0.05) is 6.07 Å². The highest BCUT2D eigenvalue weighted by atomic mass is 19.1. The quantitative estimate of drug-likeness (QED) is 0.826. The number of anilines is 1. The van der Waals surface area contributed by atoms with Crippen LogP contribution in [0.25, 0.3) is 0 Å². The second kappa shape index (κ2) is 4.27. The van der Waals surface area contributed by atoms with Crippen molar-refractivity contribution in [1.29, 1.82) is 0 Å². The lowest BCUT2D eigenvalue weighted by Crippen LogP contribution is -2.30. The van der Waals surface area contributed by atoms with E-state index in [-0.39, 0.29) is 11.9 Å². The van der Waals surface area contributed by atoms with Crippen molar-refractivity contribution in [3.05, 3.63) is 29.6 Å². The van der Waals surface area contributed by atoms with Crippen molar-refractivity contribution in [3.8, 4) is 0 Å². The Bertz CT molecular complexity index is 418. The van der Waals surface area contributed by atoms with Crippen LogP contribution in [0.2, 0.25) is 0 Å². The molecule has 0 aromatic heterocycles. The first-order valence-corrected chi connectivity index (χ1v) is 5.92. The monoisotopic (exact) mass is 238 g/mol. The van der Waals surface area contributed by atoms with E-state index in [9.17, 15) is 9.50 Å². The molecule has 2 rings (SSSR count). The summed E-state index contributed by atoms with van der Waals surface area (Å²) in [6, 6.07) is 4.63. The molecule has 94 valence electrons. The molecular weight excluding hydrogens is 219 g/mol. The third kappa shape index (κ3) is 2.42. The molecule has 1 aromatic carbocycles. The van der Waals surface area contributed by atoms with E-state index >= 15 is 0 Å². The van der Waals surface area contributed by atoms with Crippen LogP contribution < -0.4 is 10.6 Å². The third-order valence-corrected chi connectivity index (χ3v) is 3.28. The number of hydrogen-bond donors (Lipinski definition) is 2. The van der Waals surface area contributed by atoms with Crippen LogP contribution in [0.1, 0.15) is 31.9 Å². The van der Waals surface area contributed by atoms with Crippen molar-refractivity contribution in [2.45, 2.75) is 31.9 Å². The summed E-state index contributed by atoms with van der Waals surface area (Å²) in [5.74, 6) is -0.274. The molecule has 2 atom stereocenters. The van der Waals surface area contributed by atoms with Gasteiger partial charge >= 0.3 is 0 Å². The Morgan fingerprint density at radius 3 is 2.76 bits per heavy atom. The lowest BCUT2D eigenvalue weighted by molar-refractivity contribution is 0.0839. The number of nitrogens with two attached hydrogens (primary N) is 1. The van der Waals surface area contributed by atoms with E-state index < -0.39 is 5.60 Å². The molecule has 1 saturated heterocycles. The molecule has 0 amide bonds. The molecule has 1 heterocycles. The summed E-state index contributed by atoms with van der Waals surface area (Å²) >= 11 is 0. The number of rotatable bonds is 2. The molecule has 1 aliphatic rings. The molecule has 1 unspecified atom stereocenters. The molecule has 4 heteroatoms. The van der Waals surface area contributed by atoms with Gasteiger partial charge in [-0.25, -0.2) is 4.39 Å². The van der Waals surface area contributed by atoms with Crippen LogP contribution in [-0.2, 0) is 0 Å². The molecule has 1 aliphatic heterocycles. The number of nitrogens with zero attached hydrogens (tertiary/aromatic N) is 1. The molecule has 0 saturated carbocycles. The van der Waals surface area contributed by atoms with Gasteiger partial charge in [-0.05, 0) is 32.4 Å². The maximum Gasteiger partial charge on any atom is 0.130 e. The molecule has 3 nitrogen and oxygen atoms in total. The zero-order valence-electron chi connectivity index (χ0n) is 10.3. The van der Waals surface area contributed by atoms with Gasteiger partial charge in [0, 0.05) is 30.4 Å². The maximum absolute atomic E-state index is 13.8. The number of benzene rings is 1. The number of aliphatic hydroxyl groups is 1. The van der Waals surface area contributed by atoms with Crippen LogP contribution in [-0.4, -0.2) is 23.8 Å². The fourth-order valence-corrected chi connectivity index (χ4v) is 2.40. The van der Waals surface area contributed by atoms with Crippen molar-refractivity contribution in [1.82, 2.24) is 0 Å². The summed E-state index contributed by atoms with van der Waals surface area (Å²) in [6.07, 6.45) is 0.696. The molecule has 17 heavy (non-hydrogen) atoms. The minimum Gasteiger partial charge on any atom is -0.388 e. The van der Waals surface area contributed by atoms with Gasteiger partial charge in [-0.3, -0.25) is 0 Å². The van der Waals surface area contributed by atoms with E-state index in [1.54, 1.807) is 19.9 Å². The summed E-state index contributed by atoms with van der Waals surface area (Å²) in [7, 11) is 0. The average Bonchev–Trinajstić information content (AvgIpc) is 2.57. The van der Waals surface area contributed by atoms with Crippen molar-refractivity contribution in [3.63, 3.8) is 0 Å². The van der Waals surface area contributed by atoms with Crippen LogP contribution in [0, 0.1) is 5.82 Å². The normalized spacial score (nSPS) is 26.3. The van der Waals surface area contributed by atoms with Crippen LogP contribution in [0.3, 0.4) is 0 Å².